The number of aromatic nitrogens is 1. The monoisotopic (exact) mass is 415 g/mol. The van der Waals surface area contributed by atoms with Crippen LogP contribution in [-0.4, -0.2) is 54.8 Å². The zero-order chi connectivity index (χ0) is 20.6. The molecule has 2 aromatic carbocycles. The van der Waals surface area contributed by atoms with Crippen LogP contribution in [0.1, 0.15) is 11.1 Å². The van der Waals surface area contributed by atoms with E-state index in [0.29, 0.717) is 25.2 Å². The molecular weight excluding hydrogens is 394 g/mol. The van der Waals surface area contributed by atoms with Crippen molar-refractivity contribution in [1.82, 2.24) is 13.8 Å². The van der Waals surface area contributed by atoms with Gasteiger partial charge in [-0.2, -0.15) is 4.31 Å². The number of aryl methyl sites for hydroxylation is 1. The first kappa shape index (κ1) is 19.4. The Morgan fingerprint density at radius 2 is 1.72 bits per heavy atom. The van der Waals surface area contributed by atoms with Gasteiger partial charge in [-0.25, -0.2) is 13.2 Å². The molecule has 0 spiro atoms. The van der Waals surface area contributed by atoms with E-state index in [1.54, 1.807) is 11.0 Å². The molecule has 4 rings (SSSR count). The molecule has 1 aliphatic rings. The van der Waals surface area contributed by atoms with Crippen LogP contribution in [0.25, 0.3) is 11.1 Å². The molecule has 0 saturated carbocycles. The third-order valence-electron chi connectivity index (χ3n) is 5.16. The van der Waals surface area contributed by atoms with E-state index in [0.717, 1.165) is 17.5 Å². The van der Waals surface area contributed by atoms with E-state index < -0.39 is 15.8 Å². The number of amides is 1. The Hall–Kier alpha value is -2.91. The summed E-state index contributed by atoms with van der Waals surface area (Å²) in [4.78, 5) is 24.8. The number of benzene rings is 2. The predicted molar refractivity (Wildman–Crippen MR) is 107 cm³/mol. The zero-order valence-corrected chi connectivity index (χ0v) is 16.8. The van der Waals surface area contributed by atoms with Crippen molar-refractivity contribution < 1.29 is 17.6 Å². The van der Waals surface area contributed by atoms with E-state index in [1.165, 1.54) is 21.0 Å². The number of nitrogens with zero attached hydrogens (tertiary/aromatic N) is 3. The lowest BCUT2D eigenvalue weighted by atomic mass is 10.1. The Morgan fingerprint density at radius 3 is 2.38 bits per heavy atom. The van der Waals surface area contributed by atoms with Gasteiger partial charge in [0.05, 0.1) is 17.0 Å². The first-order valence-electron chi connectivity index (χ1n) is 9.27. The molecule has 1 aromatic heterocycles. The van der Waals surface area contributed by atoms with Gasteiger partial charge in [-0.3, -0.25) is 9.36 Å². The molecule has 3 aromatic rings. The minimum absolute atomic E-state index is 0.0702. The number of rotatable bonds is 5. The fraction of sp³-hybridized carbons (Fsp3) is 0.300. The molecule has 0 bridgehead atoms. The molecule has 1 aliphatic heterocycles. The predicted octanol–water partition coefficient (Wildman–Crippen LogP) is 1.41. The molecule has 152 valence electrons. The van der Waals surface area contributed by atoms with Crippen LogP contribution < -0.4 is 5.76 Å². The summed E-state index contributed by atoms with van der Waals surface area (Å²) in [6.07, 6.45) is 0.724. The van der Waals surface area contributed by atoms with Gasteiger partial charge in [-0.1, -0.05) is 29.8 Å². The van der Waals surface area contributed by atoms with Gasteiger partial charge in [0.2, 0.25) is 16.4 Å². The second-order valence-corrected chi connectivity index (χ2v) is 9.05. The number of hydrogen-bond acceptors (Lipinski definition) is 5. The van der Waals surface area contributed by atoms with Crippen LogP contribution in [0.15, 0.2) is 56.6 Å². The summed E-state index contributed by atoms with van der Waals surface area (Å²) in [5.74, 6) is -0.533. The maximum atomic E-state index is 12.9. The molecule has 1 saturated heterocycles. The lowest BCUT2D eigenvalue weighted by Crippen LogP contribution is -2.47. The largest absolute Gasteiger partial charge is 0.420 e. The average Bonchev–Trinajstić information content (AvgIpc) is 3.04. The molecule has 29 heavy (non-hydrogen) atoms. The number of sulfonamides is 1. The number of carbonyl (C=O) groups is 1. The summed E-state index contributed by atoms with van der Waals surface area (Å²) >= 11 is 0. The zero-order valence-electron chi connectivity index (χ0n) is 15.9. The van der Waals surface area contributed by atoms with Crippen LogP contribution >= 0.6 is 0 Å². The lowest BCUT2D eigenvalue weighted by molar-refractivity contribution is -0.119. The van der Waals surface area contributed by atoms with E-state index in [4.69, 9.17) is 4.42 Å². The summed E-state index contributed by atoms with van der Waals surface area (Å²) in [5, 5.41) is 0. The Balaban J connectivity index is 1.64. The second kappa shape index (κ2) is 7.49. The van der Waals surface area contributed by atoms with Crippen LogP contribution in [0.5, 0.6) is 0 Å². The van der Waals surface area contributed by atoms with Crippen LogP contribution in [0, 0.1) is 6.92 Å². The average molecular weight is 415 g/mol. The normalized spacial score (nSPS) is 15.7. The van der Waals surface area contributed by atoms with Gasteiger partial charge in [0, 0.05) is 32.2 Å². The van der Waals surface area contributed by atoms with Gasteiger partial charge in [-0.05, 0) is 24.6 Å². The van der Waals surface area contributed by atoms with Crippen molar-refractivity contribution in [3.8, 4) is 0 Å². The summed E-state index contributed by atoms with van der Waals surface area (Å²) in [6, 6.07) is 12.3. The van der Waals surface area contributed by atoms with Crippen molar-refractivity contribution in [2.24, 2.45) is 0 Å². The lowest BCUT2D eigenvalue weighted by Gasteiger charge is -2.31. The molecule has 2 heterocycles. The molecule has 0 aliphatic carbocycles. The highest BCUT2D eigenvalue weighted by atomic mass is 32.2. The van der Waals surface area contributed by atoms with E-state index >= 15 is 0 Å². The van der Waals surface area contributed by atoms with Crippen molar-refractivity contribution in [2.75, 3.05) is 26.2 Å². The van der Waals surface area contributed by atoms with E-state index in [1.807, 2.05) is 31.2 Å². The highest BCUT2D eigenvalue weighted by Gasteiger charge is 2.28. The van der Waals surface area contributed by atoms with E-state index in [9.17, 15) is 18.0 Å². The Kier molecular flexibility index (Phi) is 5.01. The summed E-state index contributed by atoms with van der Waals surface area (Å²) in [6.45, 7) is 3.50. The summed E-state index contributed by atoms with van der Waals surface area (Å²) in [7, 11) is -3.73. The van der Waals surface area contributed by atoms with Gasteiger partial charge in [0.1, 0.15) is 0 Å². The minimum Gasteiger partial charge on any atom is -0.408 e. The van der Waals surface area contributed by atoms with Crippen LogP contribution in [-0.2, 0) is 21.4 Å². The molecule has 0 radical (unpaired) electrons. The number of oxazole rings is 1. The minimum atomic E-state index is -3.73. The van der Waals surface area contributed by atoms with Crippen molar-refractivity contribution in [3.63, 3.8) is 0 Å². The van der Waals surface area contributed by atoms with Gasteiger partial charge >= 0.3 is 5.76 Å². The van der Waals surface area contributed by atoms with Crippen molar-refractivity contribution in [1.29, 1.82) is 0 Å². The summed E-state index contributed by atoms with van der Waals surface area (Å²) in [5.41, 5.74) is 2.85. The fourth-order valence-electron chi connectivity index (χ4n) is 3.43. The first-order chi connectivity index (χ1) is 13.9. The summed E-state index contributed by atoms with van der Waals surface area (Å²) < 4.78 is 34.0. The van der Waals surface area contributed by atoms with Crippen LogP contribution in [0.4, 0.5) is 0 Å². The molecule has 9 heteroatoms. The maximum absolute atomic E-state index is 12.9. The second-order valence-electron chi connectivity index (χ2n) is 7.11. The number of carbonyl (C=O) groups excluding carboxylic acids is 1. The smallest absolute Gasteiger partial charge is 0.408 e. The Labute approximate surface area is 168 Å². The third kappa shape index (κ3) is 3.70. The molecular formula is C20H21N3O5S. The topological polar surface area (TPSA) is 92.8 Å². The van der Waals surface area contributed by atoms with Crippen molar-refractivity contribution in [3.05, 3.63) is 64.1 Å². The quantitative estimate of drug-likeness (QED) is 0.588. The van der Waals surface area contributed by atoms with Crippen molar-refractivity contribution in [2.45, 2.75) is 18.4 Å². The molecule has 1 fully saturated rings. The SMILES string of the molecule is Cc1ccc(Cn2c(=O)oc3cc(S(=O)(=O)N4CCN(C=O)CC4)ccc32)cc1. The third-order valence-corrected chi connectivity index (χ3v) is 7.06. The molecule has 0 unspecified atom stereocenters. The maximum Gasteiger partial charge on any atom is 0.420 e. The van der Waals surface area contributed by atoms with Gasteiger partial charge in [-0.15, -0.1) is 0 Å². The molecule has 0 N–H and O–H groups in total. The Morgan fingerprint density at radius 1 is 1.03 bits per heavy atom. The molecule has 8 nitrogen and oxygen atoms in total. The Bertz CT molecular complexity index is 1200. The van der Waals surface area contributed by atoms with Crippen LogP contribution in [0.3, 0.4) is 0 Å². The molecule has 0 atom stereocenters. The first-order valence-corrected chi connectivity index (χ1v) is 10.7. The van der Waals surface area contributed by atoms with Gasteiger partial charge in [0.15, 0.2) is 5.58 Å². The van der Waals surface area contributed by atoms with E-state index in [-0.39, 0.29) is 23.6 Å². The molecule has 1 amide bonds. The van der Waals surface area contributed by atoms with Gasteiger partial charge < -0.3 is 9.32 Å². The number of piperazine rings is 1. The standard InChI is InChI=1S/C20H21N3O5S/c1-15-2-4-16(5-3-15)13-23-18-7-6-17(12-19(18)28-20(23)25)29(26,27)22-10-8-21(14-24)9-11-22/h2-7,12,14H,8-11,13H2,1H3. The highest BCUT2D eigenvalue weighted by Crippen LogP contribution is 2.23. The fourth-order valence-corrected chi connectivity index (χ4v) is 4.87. The van der Waals surface area contributed by atoms with Crippen LogP contribution in [0.2, 0.25) is 0 Å². The highest BCUT2D eigenvalue weighted by molar-refractivity contribution is 7.89. The van der Waals surface area contributed by atoms with Gasteiger partial charge in [0.25, 0.3) is 0 Å². The van der Waals surface area contributed by atoms with E-state index in [2.05, 4.69) is 0 Å². The number of fused-ring (bicyclic) bond motifs is 1. The van der Waals surface area contributed by atoms with Crippen molar-refractivity contribution >= 4 is 27.5 Å². The number of hydrogen-bond donors (Lipinski definition) is 0.